The molecule has 4 rings (SSSR count). The lowest BCUT2D eigenvalue weighted by Gasteiger charge is -2.25. The lowest BCUT2D eigenvalue weighted by atomic mass is 9.96. The summed E-state index contributed by atoms with van der Waals surface area (Å²) < 4.78 is 17.3. The second-order valence-corrected chi connectivity index (χ2v) is 9.02. The number of methoxy groups -OCH3 is 2. The molecule has 1 aliphatic rings. The number of ether oxygens (including phenoxy) is 3. The maximum atomic E-state index is 13.6. The van der Waals surface area contributed by atoms with Crippen LogP contribution in [0.4, 0.5) is 0 Å². The van der Waals surface area contributed by atoms with Gasteiger partial charge in [0.25, 0.3) is 5.56 Å². The molecule has 1 atom stereocenters. The summed E-state index contributed by atoms with van der Waals surface area (Å²) in [5.41, 5.74) is 1.59. The number of carbonyl (C=O) groups excluding carboxylic acids is 2. The lowest BCUT2D eigenvalue weighted by molar-refractivity contribution is -0.136. The van der Waals surface area contributed by atoms with E-state index in [1.54, 1.807) is 55.5 Å². The van der Waals surface area contributed by atoms with E-state index in [0.717, 1.165) is 0 Å². The van der Waals surface area contributed by atoms with Gasteiger partial charge in [-0.1, -0.05) is 47.2 Å². The number of halogens is 1. The number of hydrogen-bond donors (Lipinski definition) is 0. The number of aromatic nitrogens is 1. The maximum Gasteiger partial charge on any atom is 0.338 e. The molecular weight excluding hydrogens is 492 g/mol. The van der Waals surface area contributed by atoms with Crippen LogP contribution in [0.15, 0.2) is 63.5 Å². The monoisotopic (exact) mass is 512 g/mol. The van der Waals surface area contributed by atoms with E-state index >= 15 is 0 Å². The van der Waals surface area contributed by atoms with Gasteiger partial charge in [-0.15, -0.1) is 0 Å². The van der Waals surface area contributed by atoms with Gasteiger partial charge in [-0.25, -0.2) is 9.79 Å². The van der Waals surface area contributed by atoms with Gasteiger partial charge in [0.05, 0.1) is 30.0 Å². The Balaban J connectivity index is 1.92. The van der Waals surface area contributed by atoms with Gasteiger partial charge in [-0.2, -0.15) is 0 Å². The number of esters is 2. The van der Waals surface area contributed by atoms with Crippen molar-refractivity contribution >= 4 is 41.0 Å². The third-order valence-corrected chi connectivity index (χ3v) is 6.69. The molecule has 10 heteroatoms. The second kappa shape index (κ2) is 9.89. The highest BCUT2D eigenvalue weighted by atomic mass is 35.5. The molecule has 180 valence electrons. The van der Waals surface area contributed by atoms with Gasteiger partial charge in [-0.3, -0.25) is 14.2 Å². The lowest BCUT2D eigenvalue weighted by Crippen LogP contribution is -2.39. The average Bonchev–Trinajstić information content (AvgIpc) is 3.13. The van der Waals surface area contributed by atoms with E-state index in [9.17, 15) is 14.4 Å². The Hall–Kier alpha value is -3.69. The molecule has 0 saturated carbocycles. The molecule has 0 fully saturated rings. The number of rotatable bonds is 5. The molecular formula is C25H21ClN2O6S. The van der Waals surface area contributed by atoms with Crippen LogP contribution < -0.4 is 24.4 Å². The van der Waals surface area contributed by atoms with Crippen molar-refractivity contribution in [3.8, 4) is 11.5 Å². The van der Waals surface area contributed by atoms with Gasteiger partial charge < -0.3 is 14.2 Å². The van der Waals surface area contributed by atoms with Crippen molar-refractivity contribution in [1.82, 2.24) is 4.57 Å². The highest BCUT2D eigenvalue weighted by Gasteiger charge is 2.34. The Morgan fingerprint density at radius 2 is 1.89 bits per heavy atom. The fourth-order valence-corrected chi connectivity index (χ4v) is 5.13. The van der Waals surface area contributed by atoms with Crippen LogP contribution in [0.3, 0.4) is 0 Å². The molecule has 2 heterocycles. The first kappa shape index (κ1) is 24.4. The minimum Gasteiger partial charge on any atom is -0.493 e. The highest BCUT2D eigenvalue weighted by molar-refractivity contribution is 7.07. The van der Waals surface area contributed by atoms with Gasteiger partial charge in [0.2, 0.25) is 0 Å². The topological polar surface area (TPSA) is 96.2 Å². The number of thiazole rings is 1. The van der Waals surface area contributed by atoms with Crippen molar-refractivity contribution in [3.05, 3.63) is 89.6 Å². The number of carbonyl (C=O) groups is 2. The third kappa shape index (κ3) is 4.65. The van der Waals surface area contributed by atoms with E-state index in [-0.39, 0.29) is 16.9 Å². The van der Waals surface area contributed by atoms with E-state index in [1.807, 2.05) is 0 Å². The molecule has 1 aliphatic heterocycles. The minimum absolute atomic E-state index is 0.243. The second-order valence-electron chi connectivity index (χ2n) is 7.60. The molecule has 0 spiro atoms. The molecule has 2 aromatic carbocycles. The van der Waals surface area contributed by atoms with E-state index in [1.165, 1.54) is 37.0 Å². The summed E-state index contributed by atoms with van der Waals surface area (Å²) in [6, 6.07) is 11.2. The standard InChI is InChI=1S/C25H21ClN2O6S/c1-13-21(24(31)33-4)22(16-7-5-6-8-17(16)26)28-23(30)20(35-25(28)27-13)12-15-9-10-18(34-14(2)29)19(11-15)32-3/h5-12,22H,1-4H3/b20-12+/t22-/m1/s1. The van der Waals surface area contributed by atoms with Gasteiger partial charge in [0.15, 0.2) is 16.3 Å². The SMILES string of the molecule is COC(=O)C1=C(C)N=c2s/c(=C/c3ccc(OC(C)=O)c(OC)c3)c(=O)n2[C@@H]1c1ccccc1Cl. The highest BCUT2D eigenvalue weighted by Crippen LogP contribution is 2.34. The molecule has 0 saturated heterocycles. The Labute approximate surface area is 209 Å². The van der Waals surface area contributed by atoms with Crippen molar-refractivity contribution in [3.63, 3.8) is 0 Å². The number of benzene rings is 2. The summed E-state index contributed by atoms with van der Waals surface area (Å²) in [7, 11) is 2.74. The molecule has 3 aromatic rings. The maximum absolute atomic E-state index is 13.6. The van der Waals surface area contributed by atoms with Crippen molar-refractivity contribution in [1.29, 1.82) is 0 Å². The normalized spacial score (nSPS) is 15.3. The summed E-state index contributed by atoms with van der Waals surface area (Å²) >= 11 is 7.67. The van der Waals surface area contributed by atoms with Crippen molar-refractivity contribution in [2.45, 2.75) is 19.9 Å². The van der Waals surface area contributed by atoms with Gasteiger partial charge in [0, 0.05) is 11.9 Å². The number of nitrogens with zero attached hydrogens (tertiary/aromatic N) is 2. The van der Waals surface area contributed by atoms with Crippen LogP contribution in [0.25, 0.3) is 6.08 Å². The summed E-state index contributed by atoms with van der Waals surface area (Å²) in [4.78, 5) is 42.6. The molecule has 0 N–H and O–H groups in total. The molecule has 1 aromatic heterocycles. The zero-order valence-electron chi connectivity index (χ0n) is 19.3. The Morgan fingerprint density at radius 1 is 1.14 bits per heavy atom. The molecule has 0 unspecified atom stereocenters. The van der Waals surface area contributed by atoms with Crippen LogP contribution in [-0.2, 0) is 14.3 Å². The van der Waals surface area contributed by atoms with Crippen LogP contribution in [-0.4, -0.2) is 30.7 Å². The molecule has 0 amide bonds. The van der Waals surface area contributed by atoms with Gasteiger partial charge in [0.1, 0.15) is 6.04 Å². The summed E-state index contributed by atoms with van der Waals surface area (Å²) in [5.74, 6) is -0.438. The molecule has 0 bridgehead atoms. The van der Waals surface area contributed by atoms with Crippen LogP contribution in [0.1, 0.15) is 31.0 Å². The first-order valence-corrected chi connectivity index (χ1v) is 11.7. The molecule has 8 nitrogen and oxygen atoms in total. The van der Waals surface area contributed by atoms with E-state index in [4.69, 9.17) is 25.8 Å². The Kier molecular flexibility index (Phi) is 6.90. The molecule has 0 aliphatic carbocycles. The van der Waals surface area contributed by atoms with E-state index < -0.39 is 18.0 Å². The average molecular weight is 513 g/mol. The molecule has 35 heavy (non-hydrogen) atoms. The van der Waals surface area contributed by atoms with Crippen molar-refractivity contribution < 1.29 is 23.8 Å². The van der Waals surface area contributed by atoms with Gasteiger partial charge >= 0.3 is 11.9 Å². The number of fused-ring (bicyclic) bond motifs is 1. The summed E-state index contributed by atoms with van der Waals surface area (Å²) in [6.45, 7) is 3.00. The first-order chi connectivity index (χ1) is 16.7. The zero-order valence-corrected chi connectivity index (χ0v) is 20.9. The fourth-order valence-electron chi connectivity index (χ4n) is 3.85. The van der Waals surface area contributed by atoms with E-state index in [2.05, 4.69) is 4.99 Å². The first-order valence-electron chi connectivity index (χ1n) is 10.5. The minimum atomic E-state index is -0.796. The van der Waals surface area contributed by atoms with Crippen molar-refractivity contribution in [2.24, 2.45) is 4.99 Å². The molecule has 0 radical (unpaired) electrons. The van der Waals surface area contributed by atoms with Crippen LogP contribution in [0.2, 0.25) is 5.02 Å². The summed E-state index contributed by atoms with van der Waals surface area (Å²) in [5, 5.41) is 0.411. The number of allylic oxidation sites excluding steroid dienone is 1. The van der Waals surface area contributed by atoms with E-state index in [0.29, 0.717) is 36.9 Å². The number of hydrogen-bond acceptors (Lipinski definition) is 8. The van der Waals surface area contributed by atoms with Crippen LogP contribution >= 0.6 is 22.9 Å². The Morgan fingerprint density at radius 3 is 2.54 bits per heavy atom. The van der Waals surface area contributed by atoms with Gasteiger partial charge in [-0.05, 0) is 42.3 Å². The van der Waals surface area contributed by atoms with Crippen molar-refractivity contribution in [2.75, 3.05) is 14.2 Å². The Bertz CT molecular complexity index is 1550. The predicted octanol–water partition coefficient (Wildman–Crippen LogP) is 3.00. The largest absolute Gasteiger partial charge is 0.493 e. The third-order valence-electron chi connectivity index (χ3n) is 5.37. The van der Waals surface area contributed by atoms with Crippen LogP contribution in [0, 0.1) is 0 Å². The summed E-state index contributed by atoms with van der Waals surface area (Å²) in [6.07, 6.45) is 1.69. The van der Waals surface area contributed by atoms with Crippen LogP contribution in [0.5, 0.6) is 11.5 Å². The fraction of sp³-hybridized carbons (Fsp3) is 0.200. The zero-order chi connectivity index (χ0) is 25.3. The quantitative estimate of drug-likeness (QED) is 0.385. The predicted molar refractivity (Wildman–Crippen MR) is 132 cm³/mol. The smallest absolute Gasteiger partial charge is 0.338 e.